The number of carbonyl (C=O) groups excluding carboxylic acids is 1. The minimum atomic E-state index is 0.0376. The van der Waals surface area contributed by atoms with Gasteiger partial charge in [0.25, 0.3) is 0 Å². The summed E-state index contributed by atoms with van der Waals surface area (Å²) in [5.41, 5.74) is 8.30. The molecule has 0 N–H and O–H groups in total. The van der Waals surface area contributed by atoms with Crippen LogP contribution in [0.1, 0.15) is 37.5 Å². The van der Waals surface area contributed by atoms with Crippen LogP contribution in [0.3, 0.4) is 0 Å². The zero-order valence-electron chi connectivity index (χ0n) is 17.7. The lowest BCUT2D eigenvalue weighted by Crippen LogP contribution is -1.98. The van der Waals surface area contributed by atoms with Crippen molar-refractivity contribution in [3.05, 3.63) is 99.6 Å². The number of ketones is 1. The average molecular weight is 443 g/mol. The van der Waals surface area contributed by atoms with Gasteiger partial charge in [-0.05, 0) is 37.5 Å². The minimum Gasteiger partial charge on any atom is -0.297 e. The zero-order valence-corrected chi connectivity index (χ0v) is 19.3. The summed E-state index contributed by atoms with van der Waals surface area (Å²) in [6, 6.07) is 20.3. The van der Waals surface area contributed by atoms with Gasteiger partial charge >= 0.3 is 0 Å². The number of carbonyl (C=O) groups is 1. The molecule has 0 radical (unpaired) electrons. The van der Waals surface area contributed by atoms with Gasteiger partial charge in [0.05, 0.1) is 9.73 Å². The predicted molar refractivity (Wildman–Crippen MR) is 131 cm³/mol. The van der Waals surface area contributed by atoms with Crippen molar-refractivity contribution in [1.29, 1.82) is 0 Å². The highest BCUT2D eigenvalue weighted by atomic mass is 32.2. The van der Waals surface area contributed by atoms with E-state index >= 15 is 0 Å². The summed E-state index contributed by atoms with van der Waals surface area (Å²) in [5.74, 6) is 0.892. The molecule has 0 aliphatic heterocycles. The van der Waals surface area contributed by atoms with Gasteiger partial charge in [0.2, 0.25) is 5.78 Å². The van der Waals surface area contributed by atoms with Crippen molar-refractivity contribution in [2.45, 2.75) is 30.7 Å². The quantitative estimate of drug-likeness (QED) is 0.217. The summed E-state index contributed by atoms with van der Waals surface area (Å²) < 4.78 is 3.29. The fourth-order valence-electron chi connectivity index (χ4n) is 3.83. The molecule has 0 spiro atoms. The molecule has 0 unspecified atom stereocenters. The molecule has 0 saturated heterocycles. The second kappa shape index (κ2) is 7.98. The van der Waals surface area contributed by atoms with Crippen LogP contribution in [-0.2, 0) is 5.75 Å². The molecule has 31 heavy (non-hydrogen) atoms. The fraction of sp³-hybridized carbons (Fsp3) is 0.154. The van der Waals surface area contributed by atoms with Gasteiger partial charge in [0.1, 0.15) is 16.0 Å². The smallest absolute Gasteiger partial charge is 0.205 e. The van der Waals surface area contributed by atoms with E-state index in [4.69, 9.17) is 4.98 Å². The van der Waals surface area contributed by atoms with Crippen molar-refractivity contribution in [2.75, 3.05) is 0 Å². The number of fused-ring (bicyclic) bond motifs is 3. The van der Waals surface area contributed by atoms with Crippen LogP contribution >= 0.6 is 23.1 Å². The highest BCUT2D eigenvalue weighted by Crippen LogP contribution is 2.41. The first-order chi connectivity index (χ1) is 15.0. The summed E-state index contributed by atoms with van der Waals surface area (Å²) in [6.07, 6.45) is 2.12. The van der Waals surface area contributed by atoms with Crippen LogP contribution in [0.4, 0.5) is 0 Å². The normalized spacial score (nSPS) is 11.5. The Hall–Kier alpha value is -2.89. The van der Waals surface area contributed by atoms with Crippen LogP contribution in [0.5, 0.6) is 0 Å². The lowest BCUT2D eigenvalue weighted by molar-refractivity contribution is 0.104. The fourth-order valence-corrected chi connectivity index (χ4v) is 6.24. The van der Waals surface area contributed by atoms with Crippen LogP contribution in [0.25, 0.3) is 16.7 Å². The van der Waals surface area contributed by atoms with Gasteiger partial charge in [-0.15, -0.1) is 23.1 Å². The number of hydrogen-bond donors (Lipinski definition) is 0. The van der Waals surface area contributed by atoms with Crippen molar-refractivity contribution in [1.82, 2.24) is 9.38 Å². The summed E-state index contributed by atoms with van der Waals surface area (Å²) >= 11 is 3.34. The van der Waals surface area contributed by atoms with Gasteiger partial charge in [0.15, 0.2) is 0 Å². The maximum absolute atomic E-state index is 13.4. The maximum Gasteiger partial charge on any atom is 0.205 e. The van der Waals surface area contributed by atoms with Gasteiger partial charge in [-0.2, -0.15) is 0 Å². The third-order valence-corrected chi connectivity index (χ3v) is 7.88. The van der Waals surface area contributed by atoms with E-state index in [9.17, 15) is 4.79 Å². The highest BCUT2D eigenvalue weighted by Gasteiger charge is 2.24. The number of nitrogens with zero attached hydrogens (tertiary/aromatic N) is 2. The summed E-state index contributed by atoms with van der Waals surface area (Å²) in [4.78, 5) is 19.0. The van der Waals surface area contributed by atoms with E-state index in [1.165, 1.54) is 16.7 Å². The van der Waals surface area contributed by atoms with Crippen molar-refractivity contribution in [3.8, 4) is 0 Å². The van der Waals surface area contributed by atoms with Crippen molar-refractivity contribution in [3.63, 3.8) is 0 Å². The molecule has 0 fully saturated rings. The SMILES string of the molecule is Cc1ccc(CSc2sc(C(=O)c3ccccc3)c3nc4c(C)cc(C)cn4c23)cc1. The Labute approximate surface area is 189 Å². The molecule has 0 aliphatic carbocycles. The van der Waals surface area contributed by atoms with Gasteiger partial charge in [-0.25, -0.2) is 4.98 Å². The molecule has 5 heteroatoms. The summed E-state index contributed by atoms with van der Waals surface area (Å²) in [6.45, 7) is 6.28. The maximum atomic E-state index is 13.4. The van der Waals surface area contributed by atoms with Crippen molar-refractivity contribution >= 4 is 45.6 Å². The lowest BCUT2D eigenvalue weighted by Gasteiger charge is -2.04. The molecule has 5 aromatic rings. The third-order valence-electron chi connectivity index (χ3n) is 5.38. The zero-order chi connectivity index (χ0) is 21.5. The number of thiophene rings is 1. The molecule has 3 aromatic heterocycles. The lowest BCUT2D eigenvalue weighted by atomic mass is 10.1. The Bertz CT molecular complexity index is 1410. The Morgan fingerprint density at radius 1 is 1.00 bits per heavy atom. The topological polar surface area (TPSA) is 34.4 Å². The number of imidazole rings is 1. The molecule has 2 aromatic carbocycles. The molecule has 5 rings (SSSR count). The first-order valence-corrected chi connectivity index (χ1v) is 12.0. The van der Waals surface area contributed by atoms with Gasteiger partial charge < -0.3 is 0 Å². The van der Waals surface area contributed by atoms with Crippen LogP contribution in [-0.4, -0.2) is 15.2 Å². The minimum absolute atomic E-state index is 0.0376. The monoisotopic (exact) mass is 442 g/mol. The molecule has 0 amide bonds. The molecular weight excluding hydrogens is 420 g/mol. The van der Waals surface area contributed by atoms with Crippen LogP contribution in [0, 0.1) is 20.8 Å². The van der Waals surface area contributed by atoms with Crippen LogP contribution in [0.15, 0.2) is 71.1 Å². The summed E-state index contributed by atoms with van der Waals surface area (Å²) in [5, 5.41) is 0. The van der Waals surface area contributed by atoms with Crippen LogP contribution in [0.2, 0.25) is 0 Å². The number of benzene rings is 2. The van der Waals surface area contributed by atoms with E-state index < -0.39 is 0 Å². The molecule has 0 atom stereocenters. The number of aryl methyl sites for hydroxylation is 3. The van der Waals surface area contributed by atoms with E-state index in [0.29, 0.717) is 10.4 Å². The first-order valence-electron chi connectivity index (χ1n) is 10.2. The number of aromatic nitrogens is 2. The Morgan fingerprint density at radius 2 is 1.74 bits per heavy atom. The van der Waals surface area contributed by atoms with Crippen LogP contribution < -0.4 is 0 Å². The number of rotatable bonds is 5. The molecule has 0 saturated carbocycles. The highest BCUT2D eigenvalue weighted by molar-refractivity contribution is 8.00. The van der Waals surface area contributed by atoms with E-state index in [2.05, 4.69) is 61.7 Å². The number of pyridine rings is 1. The van der Waals surface area contributed by atoms with Gasteiger partial charge in [-0.3, -0.25) is 9.20 Å². The van der Waals surface area contributed by atoms with E-state index in [1.54, 1.807) is 23.1 Å². The van der Waals surface area contributed by atoms with Crippen molar-refractivity contribution < 1.29 is 4.79 Å². The second-order valence-electron chi connectivity index (χ2n) is 7.89. The molecule has 3 nitrogen and oxygen atoms in total. The number of thioether (sulfide) groups is 1. The molecular formula is C26H22N2OS2. The van der Waals surface area contributed by atoms with Gasteiger partial charge in [0, 0.05) is 17.5 Å². The largest absolute Gasteiger partial charge is 0.297 e. The molecule has 3 heterocycles. The Kier molecular flexibility index (Phi) is 5.16. The Balaban J connectivity index is 1.66. The molecule has 0 aliphatic rings. The van der Waals surface area contributed by atoms with E-state index in [-0.39, 0.29) is 5.78 Å². The predicted octanol–water partition coefficient (Wildman–Crippen LogP) is 7.00. The van der Waals surface area contributed by atoms with E-state index in [1.807, 2.05) is 30.3 Å². The second-order valence-corrected chi connectivity index (χ2v) is 10.2. The molecule has 154 valence electrons. The van der Waals surface area contributed by atoms with Crippen molar-refractivity contribution in [2.24, 2.45) is 0 Å². The van der Waals surface area contributed by atoms with E-state index in [0.717, 1.165) is 32.2 Å². The molecule has 0 bridgehead atoms. The van der Waals surface area contributed by atoms with Gasteiger partial charge in [-0.1, -0.05) is 66.2 Å². The average Bonchev–Trinajstić information content (AvgIpc) is 3.32. The first kappa shape index (κ1) is 20.0. The standard InChI is InChI=1S/C26H22N2OS2/c1-16-9-11-19(12-10-16)15-30-26-22-21(27-25-18(3)13-17(2)14-28(22)25)24(31-26)23(29)20-7-5-4-6-8-20/h4-14H,15H2,1-3H3. The third kappa shape index (κ3) is 3.68. The Morgan fingerprint density at radius 3 is 2.48 bits per heavy atom. The number of hydrogen-bond acceptors (Lipinski definition) is 4. The summed E-state index contributed by atoms with van der Waals surface area (Å²) in [7, 11) is 0.